The van der Waals surface area contributed by atoms with Gasteiger partial charge in [-0.05, 0) is 31.4 Å². The number of rotatable bonds is 3. The Hall–Kier alpha value is -1.30. The fraction of sp³-hybridized carbons (Fsp3) is 0.400. The lowest BCUT2D eigenvalue weighted by atomic mass is 9.99. The summed E-state index contributed by atoms with van der Waals surface area (Å²) in [6, 6.07) is 3.87. The minimum absolute atomic E-state index is 0.107. The van der Waals surface area contributed by atoms with Gasteiger partial charge < -0.3 is 15.2 Å². The summed E-state index contributed by atoms with van der Waals surface area (Å²) in [5, 5.41) is 1.45. The second-order valence-electron chi connectivity index (χ2n) is 5.02. The molecular weight excluding hydrogens is 308 g/mol. The molecule has 2 N–H and O–H groups in total. The van der Waals surface area contributed by atoms with Crippen LogP contribution in [-0.2, 0) is 6.42 Å². The molecule has 3 rings (SSSR count). The predicted octanol–water partition coefficient (Wildman–Crippen LogP) is 3.82. The van der Waals surface area contributed by atoms with Gasteiger partial charge in [0.1, 0.15) is 5.01 Å². The van der Waals surface area contributed by atoms with E-state index in [-0.39, 0.29) is 6.04 Å². The number of hydrogen-bond acceptors (Lipinski definition) is 5. The van der Waals surface area contributed by atoms with Gasteiger partial charge >= 0.3 is 0 Å². The van der Waals surface area contributed by atoms with E-state index in [1.807, 2.05) is 12.1 Å². The maximum Gasteiger partial charge on any atom is 0.179 e. The molecule has 0 saturated heterocycles. The summed E-state index contributed by atoms with van der Waals surface area (Å²) in [6.45, 7) is 0. The highest BCUT2D eigenvalue weighted by Gasteiger charge is 2.23. The number of benzene rings is 1. The lowest BCUT2D eigenvalue weighted by molar-refractivity contribution is 0.355. The highest BCUT2D eigenvalue weighted by atomic mass is 35.5. The van der Waals surface area contributed by atoms with Crippen LogP contribution in [0.3, 0.4) is 0 Å². The van der Waals surface area contributed by atoms with E-state index in [4.69, 9.17) is 31.8 Å². The molecule has 1 aliphatic rings. The van der Waals surface area contributed by atoms with E-state index in [9.17, 15) is 0 Å². The molecule has 1 unspecified atom stereocenters. The first-order chi connectivity index (χ1) is 10.1. The van der Waals surface area contributed by atoms with Crippen molar-refractivity contribution in [3.63, 3.8) is 0 Å². The molecule has 21 heavy (non-hydrogen) atoms. The Morgan fingerprint density at radius 3 is 2.81 bits per heavy atom. The first kappa shape index (κ1) is 14.6. The van der Waals surface area contributed by atoms with E-state index in [0.29, 0.717) is 16.5 Å². The zero-order chi connectivity index (χ0) is 15.0. The molecule has 4 nitrogen and oxygen atoms in total. The van der Waals surface area contributed by atoms with Crippen molar-refractivity contribution in [2.45, 2.75) is 25.3 Å². The number of nitrogens with two attached hydrogens (primary N) is 1. The van der Waals surface area contributed by atoms with Crippen molar-refractivity contribution < 1.29 is 9.47 Å². The van der Waals surface area contributed by atoms with Crippen LogP contribution in [-0.4, -0.2) is 19.2 Å². The molecular formula is C15H17ClN2O2S. The third-order valence-electron chi connectivity index (χ3n) is 3.67. The number of halogens is 1. The molecule has 0 amide bonds. The summed E-state index contributed by atoms with van der Waals surface area (Å²) in [4.78, 5) is 5.92. The smallest absolute Gasteiger partial charge is 0.179 e. The van der Waals surface area contributed by atoms with Crippen molar-refractivity contribution in [2.24, 2.45) is 5.73 Å². The number of hydrogen-bond donors (Lipinski definition) is 1. The molecule has 1 aromatic carbocycles. The van der Waals surface area contributed by atoms with Crippen molar-refractivity contribution in [1.82, 2.24) is 4.98 Å². The molecule has 1 aromatic heterocycles. The molecule has 1 heterocycles. The Balaban J connectivity index is 2.07. The van der Waals surface area contributed by atoms with Crippen LogP contribution in [0.1, 0.15) is 29.5 Å². The van der Waals surface area contributed by atoms with E-state index in [1.165, 1.54) is 4.88 Å². The van der Waals surface area contributed by atoms with Gasteiger partial charge in [0.05, 0.1) is 24.9 Å². The maximum absolute atomic E-state index is 6.27. The van der Waals surface area contributed by atoms with Gasteiger partial charge in [0.15, 0.2) is 11.5 Å². The fourth-order valence-corrected chi connectivity index (χ4v) is 4.04. The van der Waals surface area contributed by atoms with Crippen LogP contribution in [0.25, 0.3) is 10.6 Å². The molecule has 0 saturated carbocycles. The minimum Gasteiger partial charge on any atom is -0.493 e. The standard InChI is InChI=1S/C15H17ClN2O2S/c1-19-12-7-8(6-9(16)13(12)20-2)15-18-11-5-3-4-10(17)14(11)21-15/h6-7,10H,3-5,17H2,1-2H3. The highest BCUT2D eigenvalue weighted by Crippen LogP contribution is 2.42. The molecule has 0 aliphatic heterocycles. The lowest BCUT2D eigenvalue weighted by Crippen LogP contribution is -2.15. The molecule has 0 bridgehead atoms. The topological polar surface area (TPSA) is 57.4 Å². The summed E-state index contributed by atoms with van der Waals surface area (Å²) in [5.74, 6) is 1.15. The van der Waals surface area contributed by atoms with E-state index < -0.39 is 0 Å². The summed E-state index contributed by atoms with van der Waals surface area (Å²) in [6.07, 6.45) is 3.13. The van der Waals surface area contributed by atoms with Crippen molar-refractivity contribution in [2.75, 3.05) is 14.2 Å². The van der Waals surface area contributed by atoms with Crippen LogP contribution < -0.4 is 15.2 Å². The van der Waals surface area contributed by atoms with Crippen LogP contribution in [0.2, 0.25) is 5.02 Å². The fourth-order valence-electron chi connectivity index (χ4n) is 2.62. The highest BCUT2D eigenvalue weighted by molar-refractivity contribution is 7.15. The van der Waals surface area contributed by atoms with Crippen LogP contribution >= 0.6 is 22.9 Å². The Morgan fingerprint density at radius 2 is 2.14 bits per heavy atom. The largest absolute Gasteiger partial charge is 0.493 e. The second-order valence-corrected chi connectivity index (χ2v) is 6.46. The average molecular weight is 325 g/mol. The van der Waals surface area contributed by atoms with Crippen molar-refractivity contribution in [3.8, 4) is 22.1 Å². The quantitative estimate of drug-likeness (QED) is 0.932. The molecule has 6 heteroatoms. The van der Waals surface area contributed by atoms with Crippen LogP contribution in [0.4, 0.5) is 0 Å². The Morgan fingerprint density at radius 1 is 1.33 bits per heavy atom. The number of methoxy groups -OCH3 is 2. The second kappa shape index (κ2) is 5.83. The van der Waals surface area contributed by atoms with Crippen molar-refractivity contribution >= 4 is 22.9 Å². The summed E-state index contributed by atoms with van der Waals surface area (Å²) in [7, 11) is 3.17. The number of aryl methyl sites for hydroxylation is 1. The Bertz CT molecular complexity index is 672. The molecule has 0 fully saturated rings. The van der Waals surface area contributed by atoms with E-state index >= 15 is 0 Å². The molecule has 2 aromatic rings. The van der Waals surface area contributed by atoms with Gasteiger partial charge in [-0.3, -0.25) is 0 Å². The summed E-state index contributed by atoms with van der Waals surface area (Å²) in [5.41, 5.74) is 8.23. The zero-order valence-corrected chi connectivity index (χ0v) is 13.6. The monoisotopic (exact) mass is 324 g/mol. The van der Waals surface area contributed by atoms with Gasteiger partial charge in [-0.15, -0.1) is 11.3 Å². The van der Waals surface area contributed by atoms with E-state index in [1.54, 1.807) is 25.6 Å². The van der Waals surface area contributed by atoms with Crippen molar-refractivity contribution in [3.05, 3.63) is 27.7 Å². The number of ether oxygens (including phenoxy) is 2. The molecule has 1 aliphatic carbocycles. The Labute approximate surface area is 132 Å². The molecule has 0 radical (unpaired) electrons. The lowest BCUT2D eigenvalue weighted by Gasteiger charge is -2.15. The minimum atomic E-state index is 0.107. The third-order valence-corrected chi connectivity index (χ3v) is 5.23. The van der Waals surface area contributed by atoms with Crippen LogP contribution in [0.15, 0.2) is 12.1 Å². The SMILES string of the molecule is COc1cc(-c2nc3c(s2)C(N)CCC3)cc(Cl)c1OC. The predicted molar refractivity (Wildman–Crippen MR) is 85.5 cm³/mol. The summed E-state index contributed by atoms with van der Waals surface area (Å²) >= 11 is 7.91. The van der Waals surface area contributed by atoms with Gasteiger partial charge in [-0.2, -0.15) is 0 Å². The summed E-state index contributed by atoms with van der Waals surface area (Å²) < 4.78 is 10.6. The first-order valence-corrected chi connectivity index (χ1v) is 8.00. The van der Waals surface area contributed by atoms with Gasteiger partial charge in [-0.1, -0.05) is 11.6 Å². The van der Waals surface area contributed by atoms with Gasteiger partial charge in [0.2, 0.25) is 0 Å². The first-order valence-electron chi connectivity index (χ1n) is 6.81. The molecule has 0 spiro atoms. The van der Waals surface area contributed by atoms with Crippen LogP contribution in [0.5, 0.6) is 11.5 Å². The normalized spacial score (nSPS) is 17.4. The number of aromatic nitrogens is 1. The Kier molecular flexibility index (Phi) is 4.06. The molecule has 1 atom stereocenters. The van der Waals surface area contributed by atoms with E-state index in [2.05, 4.69) is 0 Å². The van der Waals surface area contributed by atoms with Crippen molar-refractivity contribution in [1.29, 1.82) is 0 Å². The number of fused-ring (bicyclic) bond motifs is 1. The van der Waals surface area contributed by atoms with Gasteiger partial charge in [0, 0.05) is 16.5 Å². The number of thiazole rings is 1. The zero-order valence-electron chi connectivity index (χ0n) is 12.0. The average Bonchev–Trinajstić information content (AvgIpc) is 2.92. The maximum atomic E-state index is 6.27. The number of nitrogens with zero attached hydrogens (tertiary/aromatic N) is 1. The molecule has 112 valence electrons. The van der Waals surface area contributed by atoms with Gasteiger partial charge in [-0.25, -0.2) is 4.98 Å². The van der Waals surface area contributed by atoms with Crippen LogP contribution in [0, 0.1) is 0 Å². The van der Waals surface area contributed by atoms with Gasteiger partial charge in [0.25, 0.3) is 0 Å². The third kappa shape index (κ3) is 2.61. The van der Waals surface area contributed by atoms with E-state index in [0.717, 1.165) is 35.5 Å².